The summed E-state index contributed by atoms with van der Waals surface area (Å²) in [6.45, 7) is 3.85. The van der Waals surface area contributed by atoms with Crippen molar-refractivity contribution in [1.29, 1.82) is 0 Å². The Morgan fingerprint density at radius 1 is 1.10 bits per heavy atom. The van der Waals surface area contributed by atoms with Crippen LogP contribution in [0.1, 0.15) is 30.3 Å². The lowest BCUT2D eigenvalue weighted by Gasteiger charge is -2.30. The van der Waals surface area contributed by atoms with Gasteiger partial charge in [-0.3, -0.25) is 14.9 Å². The smallest absolute Gasteiger partial charge is 0.273 e. The molecule has 0 saturated carbocycles. The van der Waals surface area contributed by atoms with Crippen LogP contribution in [0.3, 0.4) is 0 Å². The van der Waals surface area contributed by atoms with Gasteiger partial charge in [-0.05, 0) is 60.5 Å². The Hall–Kier alpha value is -3.48. The largest absolute Gasteiger partial charge is 0.340 e. The number of H-pyrrole nitrogens is 1. The third-order valence-electron chi connectivity index (χ3n) is 5.64. The second-order valence-corrected chi connectivity index (χ2v) is 7.67. The number of carbonyl (C=O) groups excluding carboxylic acids is 1. The van der Waals surface area contributed by atoms with Gasteiger partial charge in [-0.15, -0.1) is 0 Å². The van der Waals surface area contributed by atoms with Crippen molar-refractivity contribution in [2.24, 2.45) is 5.92 Å². The summed E-state index contributed by atoms with van der Waals surface area (Å²) < 4.78 is 0. The van der Waals surface area contributed by atoms with E-state index in [1.165, 1.54) is 0 Å². The molecular formula is C22H22N6O. The number of nitrogens with one attached hydrogen (secondary N) is 2. The first-order valence-electron chi connectivity index (χ1n) is 9.93. The van der Waals surface area contributed by atoms with E-state index >= 15 is 0 Å². The van der Waals surface area contributed by atoms with Gasteiger partial charge < -0.3 is 10.2 Å². The number of aromatic amines is 1. The Labute approximate surface area is 168 Å². The first-order valence-corrected chi connectivity index (χ1v) is 9.93. The predicted octanol–water partition coefficient (Wildman–Crippen LogP) is 4.12. The molecule has 1 amide bonds. The maximum atomic E-state index is 13.0. The second-order valence-electron chi connectivity index (χ2n) is 7.67. The zero-order chi connectivity index (χ0) is 19.8. The summed E-state index contributed by atoms with van der Waals surface area (Å²) in [5.41, 5.74) is 2.10. The number of rotatable bonds is 3. The van der Waals surface area contributed by atoms with Gasteiger partial charge in [-0.25, -0.2) is 4.98 Å². The number of fused-ring (bicyclic) bond motifs is 2. The molecule has 0 aliphatic carbocycles. The van der Waals surface area contributed by atoms with Gasteiger partial charge in [0, 0.05) is 36.6 Å². The van der Waals surface area contributed by atoms with Crippen LogP contribution in [0.5, 0.6) is 0 Å². The lowest BCUT2D eigenvalue weighted by Crippen LogP contribution is -2.38. The van der Waals surface area contributed by atoms with Crippen molar-refractivity contribution in [3.63, 3.8) is 0 Å². The highest BCUT2D eigenvalue weighted by molar-refractivity contribution is 6.06. The first-order chi connectivity index (χ1) is 14.2. The van der Waals surface area contributed by atoms with Crippen molar-refractivity contribution < 1.29 is 4.79 Å². The number of likely N-dealkylation sites (tertiary alicyclic amines) is 1. The number of carbonyl (C=O) groups is 1. The molecule has 1 aromatic carbocycles. The number of aromatic nitrogens is 4. The summed E-state index contributed by atoms with van der Waals surface area (Å²) in [7, 11) is 0. The van der Waals surface area contributed by atoms with E-state index in [4.69, 9.17) is 0 Å². The number of pyridine rings is 2. The number of benzene rings is 1. The minimum atomic E-state index is 0.0221. The molecule has 0 spiro atoms. The van der Waals surface area contributed by atoms with E-state index in [1.54, 1.807) is 12.4 Å². The quantitative estimate of drug-likeness (QED) is 0.553. The summed E-state index contributed by atoms with van der Waals surface area (Å²) in [5.74, 6) is 1.50. The molecule has 0 bridgehead atoms. The fourth-order valence-corrected chi connectivity index (χ4v) is 3.88. The van der Waals surface area contributed by atoms with Gasteiger partial charge in [0.05, 0.1) is 5.39 Å². The van der Waals surface area contributed by atoms with E-state index in [2.05, 4.69) is 32.4 Å². The molecule has 0 atom stereocenters. The number of nitrogens with zero attached hydrogens (tertiary/aromatic N) is 4. The molecule has 0 radical (unpaired) electrons. The van der Waals surface area contributed by atoms with Crippen molar-refractivity contribution in [2.75, 3.05) is 18.4 Å². The third-order valence-corrected chi connectivity index (χ3v) is 5.64. The van der Waals surface area contributed by atoms with Crippen LogP contribution in [0.4, 0.5) is 11.5 Å². The average molecular weight is 386 g/mol. The van der Waals surface area contributed by atoms with E-state index in [1.807, 2.05) is 41.3 Å². The Balaban J connectivity index is 1.45. The summed E-state index contributed by atoms with van der Waals surface area (Å²) in [5, 5.41) is 13.3. The normalized spacial score (nSPS) is 15.1. The van der Waals surface area contributed by atoms with Crippen molar-refractivity contribution in [3.8, 4) is 0 Å². The zero-order valence-corrected chi connectivity index (χ0v) is 16.2. The Morgan fingerprint density at radius 2 is 1.97 bits per heavy atom. The van der Waals surface area contributed by atoms with E-state index in [0.29, 0.717) is 17.3 Å². The maximum absolute atomic E-state index is 13.0. The van der Waals surface area contributed by atoms with Gasteiger partial charge in [-0.2, -0.15) is 5.10 Å². The molecule has 1 aliphatic rings. The highest BCUT2D eigenvalue weighted by Gasteiger charge is 2.23. The van der Waals surface area contributed by atoms with Crippen molar-refractivity contribution >= 4 is 39.2 Å². The van der Waals surface area contributed by atoms with Crippen LogP contribution in [0.15, 0.2) is 48.8 Å². The van der Waals surface area contributed by atoms with Crippen LogP contribution in [0, 0.1) is 5.92 Å². The summed E-state index contributed by atoms with van der Waals surface area (Å²) in [4.78, 5) is 23.6. The van der Waals surface area contributed by atoms with E-state index < -0.39 is 0 Å². The Bertz CT molecular complexity index is 1190. The molecule has 29 heavy (non-hydrogen) atoms. The van der Waals surface area contributed by atoms with Crippen LogP contribution >= 0.6 is 0 Å². The van der Waals surface area contributed by atoms with Crippen molar-refractivity contribution in [1.82, 2.24) is 25.1 Å². The minimum Gasteiger partial charge on any atom is -0.340 e. The highest BCUT2D eigenvalue weighted by atomic mass is 16.2. The SMILES string of the molecule is CC1CCN(C(=O)c2nccc3cc(Nc4[nH]nc5ncccc45)ccc23)CC1. The number of anilines is 2. The lowest BCUT2D eigenvalue weighted by molar-refractivity contribution is 0.0693. The van der Waals surface area contributed by atoms with Crippen LogP contribution in [0.2, 0.25) is 0 Å². The Kier molecular flexibility index (Phi) is 4.35. The second kappa shape index (κ2) is 7.16. The number of piperidine rings is 1. The van der Waals surface area contributed by atoms with Gasteiger partial charge in [0.1, 0.15) is 11.5 Å². The van der Waals surface area contributed by atoms with Gasteiger partial charge in [0.2, 0.25) is 0 Å². The van der Waals surface area contributed by atoms with Crippen LogP contribution in [-0.4, -0.2) is 44.1 Å². The van der Waals surface area contributed by atoms with Gasteiger partial charge in [-0.1, -0.05) is 6.92 Å². The molecule has 1 saturated heterocycles. The molecule has 7 nitrogen and oxygen atoms in total. The average Bonchev–Trinajstić information content (AvgIpc) is 3.16. The fraction of sp³-hybridized carbons (Fsp3) is 0.273. The number of hydrogen-bond acceptors (Lipinski definition) is 5. The van der Waals surface area contributed by atoms with E-state index in [-0.39, 0.29) is 5.91 Å². The monoisotopic (exact) mass is 386 g/mol. The predicted molar refractivity (Wildman–Crippen MR) is 113 cm³/mol. The maximum Gasteiger partial charge on any atom is 0.273 e. The first kappa shape index (κ1) is 17.6. The van der Waals surface area contributed by atoms with Gasteiger partial charge in [0.25, 0.3) is 5.91 Å². The molecule has 146 valence electrons. The molecule has 4 aromatic rings. The minimum absolute atomic E-state index is 0.0221. The van der Waals surface area contributed by atoms with Crippen molar-refractivity contribution in [3.05, 3.63) is 54.5 Å². The molecule has 3 aromatic heterocycles. The topological polar surface area (TPSA) is 86.8 Å². The van der Waals surface area contributed by atoms with Crippen LogP contribution in [-0.2, 0) is 0 Å². The van der Waals surface area contributed by atoms with Gasteiger partial charge in [0.15, 0.2) is 5.65 Å². The summed E-state index contributed by atoms with van der Waals surface area (Å²) >= 11 is 0. The molecule has 1 aliphatic heterocycles. The molecule has 2 N–H and O–H groups in total. The third kappa shape index (κ3) is 3.29. The Morgan fingerprint density at radius 3 is 2.83 bits per heavy atom. The standard InChI is InChI=1S/C22H22N6O/c1-14-7-11-28(12-8-14)22(29)19-17-5-4-16(13-15(17)6-10-23-19)25-21-18-3-2-9-24-20(18)26-27-21/h2-6,9-10,13-14H,7-8,11-12H2,1H3,(H2,24,25,26,27). The van der Waals surface area contributed by atoms with Crippen LogP contribution < -0.4 is 5.32 Å². The van der Waals surface area contributed by atoms with E-state index in [9.17, 15) is 4.79 Å². The molecule has 1 fully saturated rings. The number of hydrogen-bond donors (Lipinski definition) is 2. The van der Waals surface area contributed by atoms with E-state index in [0.717, 1.165) is 53.6 Å². The molecule has 5 rings (SSSR count). The number of amides is 1. The van der Waals surface area contributed by atoms with Crippen molar-refractivity contribution in [2.45, 2.75) is 19.8 Å². The highest BCUT2D eigenvalue weighted by Crippen LogP contribution is 2.27. The summed E-state index contributed by atoms with van der Waals surface area (Å²) in [6.07, 6.45) is 5.54. The molecular weight excluding hydrogens is 364 g/mol. The molecule has 4 heterocycles. The lowest BCUT2D eigenvalue weighted by atomic mass is 9.98. The summed E-state index contributed by atoms with van der Waals surface area (Å²) in [6, 6.07) is 11.7. The zero-order valence-electron chi connectivity index (χ0n) is 16.2. The molecule has 0 unspecified atom stereocenters. The van der Waals surface area contributed by atoms with Gasteiger partial charge >= 0.3 is 0 Å². The fourth-order valence-electron chi connectivity index (χ4n) is 3.88. The van der Waals surface area contributed by atoms with Crippen LogP contribution in [0.25, 0.3) is 21.8 Å². The molecule has 7 heteroatoms.